The Hall–Kier alpha value is -2.62. The molecular formula is C15H13N3O. The third-order valence-electron chi connectivity index (χ3n) is 3.23. The van der Waals surface area contributed by atoms with Gasteiger partial charge in [0.2, 0.25) is 0 Å². The molecule has 1 heterocycles. The fourth-order valence-electron chi connectivity index (χ4n) is 2.09. The van der Waals surface area contributed by atoms with Gasteiger partial charge in [-0.3, -0.25) is 4.79 Å². The molecular weight excluding hydrogens is 238 g/mol. The number of hydrogen-bond donors (Lipinski definition) is 1. The molecule has 0 aliphatic rings. The van der Waals surface area contributed by atoms with Crippen LogP contribution in [0.25, 0.3) is 16.6 Å². The van der Waals surface area contributed by atoms with Gasteiger partial charge in [0.15, 0.2) is 0 Å². The van der Waals surface area contributed by atoms with Crippen molar-refractivity contribution in [3.8, 4) is 5.69 Å². The van der Waals surface area contributed by atoms with Crippen LogP contribution in [0.5, 0.6) is 0 Å². The fourth-order valence-corrected chi connectivity index (χ4v) is 2.09. The summed E-state index contributed by atoms with van der Waals surface area (Å²) in [6.07, 6.45) is 1.54. The van der Waals surface area contributed by atoms with E-state index in [0.717, 1.165) is 22.5 Å². The number of anilines is 1. The minimum atomic E-state index is -0.216. The summed E-state index contributed by atoms with van der Waals surface area (Å²) in [4.78, 5) is 15.6. The lowest BCUT2D eigenvalue weighted by Gasteiger charge is -2.11. The molecule has 19 heavy (non-hydrogen) atoms. The van der Waals surface area contributed by atoms with Crippen LogP contribution in [0, 0.1) is 6.92 Å². The molecule has 0 unspecified atom stereocenters. The first-order valence-corrected chi connectivity index (χ1v) is 6.00. The SMILES string of the molecule is Cc1ccc(-n2cnc(=O)c3ccccc32)cc1N. The molecule has 0 saturated heterocycles. The summed E-state index contributed by atoms with van der Waals surface area (Å²) >= 11 is 0. The summed E-state index contributed by atoms with van der Waals surface area (Å²) in [6.45, 7) is 1.96. The molecule has 0 fully saturated rings. The van der Waals surface area contributed by atoms with Gasteiger partial charge in [-0.1, -0.05) is 18.2 Å². The van der Waals surface area contributed by atoms with Gasteiger partial charge in [-0.15, -0.1) is 0 Å². The van der Waals surface area contributed by atoms with Crippen molar-refractivity contribution < 1.29 is 0 Å². The Kier molecular flexibility index (Phi) is 2.56. The molecule has 2 N–H and O–H groups in total. The molecule has 0 amide bonds. The van der Waals surface area contributed by atoms with Gasteiger partial charge in [0.05, 0.1) is 10.9 Å². The zero-order chi connectivity index (χ0) is 13.4. The Bertz CT molecular complexity index is 821. The van der Waals surface area contributed by atoms with Gasteiger partial charge in [0, 0.05) is 11.4 Å². The minimum absolute atomic E-state index is 0.216. The average molecular weight is 251 g/mol. The molecule has 0 aliphatic heterocycles. The monoisotopic (exact) mass is 251 g/mol. The van der Waals surface area contributed by atoms with Gasteiger partial charge in [-0.25, -0.2) is 0 Å². The van der Waals surface area contributed by atoms with Gasteiger partial charge in [-0.05, 0) is 36.8 Å². The maximum absolute atomic E-state index is 11.7. The van der Waals surface area contributed by atoms with Crippen LogP contribution in [0.2, 0.25) is 0 Å². The van der Waals surface area contributed by atoms with Crippen LogP contribution in [0.1, 0.15) is 5.56 Å². The van der Waals surface area contributed by atoms with E-state index in [1.807, 2.05) is 47.9 Å². The van der Waals surface area contributed by atoms with Crippen molar-refractivity contribution in [2.45, 2.75) is 6.92 Å². The van der Waals surface area contributed by atoms with Crippen LogP contribution in [-0.2, 0) is 0 Å². The summed E-state index contributed by atoms with van der Waals surface area (Å²) in [5, 5.41) is 0.601. The molecule has 0 saturated carbocycles. The Morgan fingerprint density at radius 3 is 2.74 bits per heavy atom. The second-order valence-electron chi connectivity index (χ2n) is 4.48. The lowest BCUT2D eigenvalue weighted by Crippen LogP contribution is -2.11. The molecule has 4 nitrogen and oxygen atoms in total. The van der Waals surface area contributed by atoms with Crippen molar-refractivity contribution in [2.75, 3.05) is 5.73 Å². The fraction of sp³-hybridized carbons (Fsp3) is 0.0667. The summed E-state index contributed by atoms with van der Waals surface area (Å²) < 4.78 is 1.87. The number of hydrogen-bond acceptors (Lipinski definition) is 3. The third-order valence-corrected chi connectivity index (χ3v) is 3.23. The van der Waals surface area contributed by atoms with E-state index >= 15 is 0 Å². The van der Waals surface area contributed by atoms with E-state index in [1.54, 1.807) is 6.07 Å². The highest BCUT2D eigenvalue weighted by atomic mass is 16.1. The van der Waals surface area contributed by atoms with Gasteiger partial charge in [0.25, 0.3) is 5.56 Å². The number of nitrogens with two attached hydrogens (primary N) is 1. The van der Waals surface area contributed by atoms with E-state index < -0.39 is 0 Å². The van der Waals surface area contributed by atoms with Crippen molar-refractivity contribution in [2.24, 2.45) is 0 Å². The molecule has 2 aromatic carbocycles. The molecule has 0 aliphatic carbocycles. The van der Waals surface area contributed by atoms with Gasteiger partial charge >= 0.3 is 0 Å². The van der Waals surface area contributed by atoms with E-state index in [9.17, 15) is 4.79 Å². The topological polar surface area (TPSA) is 60.9 Å². The predicted octanol–water partition coefficient (Wildman–Crippen LogP) is 2.28. The van der Waals surface area contributed by atoms with Crippen LogP contribution < -0.4 is 11.3 Å². The Balaban J connectivity index is 2.34. The molecule has 4 heteroatoms. The minimum Gasteiger partial charge on any atom is -0.398 e. The first kappa shape index (κ1) is 11.5. The summed E-state index contributed by atoms with van der Waals surface area (Å²) in [6, 6.07) is 13.2. The predicted molar refractivity (Wildman–Crippen MR) is 76.5 cm³/mol. The zero-order valence-corrected chi connectivity index (χ0v) is 10.5. The van der Waals surface area contributed by atoms with Crippen LogP contribution in [0.15, 0.2) is 53.6 Å². The maximum atomic E-state index is 11.7. The number of rotatable bonds is 1. The molecule has 1 aromatic heterocycles. The molecule has 0 spiro atoms. The van der Waals surface area contributed by atoms with Crippen molar-refractivity contribution in [1.82, 2.24) is 9.55 Å². The van der Waals surface area contributed by atoms with Crippen LogP contribution in [-0.4, -0.2) is 9.55 Å². The standard InChI is InChI=1S/C15H13N3O/c1-10-6-7-11(8-13(10)16)18-9-17-15(19)12-4-2-3-5-14(12)18/h2-9H,16H2,1H3. The van der Waals surface area contributed by atoms with E-state index in [2.05, 4.69) is 4.98 Å². The number of para-hydroxylation sites is 1. The van der Waals surface area contributed by atoms with Crippen molar-refractivity contribution in [1.29, 1.82) is 0 Å². The van der Waals surface area contributed by atoms with Crippen LogP contribution >= 0.6 is 0 Å². The largest absolute Gasteiger partial charge is 0.398 e. The second-order valence-corrected chi connectivity index (χ2v) is 4.48. The highest BCUT2D eigenvalue weighted by Crippen LogP contribution is 2.19. The van der Waals surface area contributed by atoms with E-state index in [0.29, 0.717) is 5.39 Å². The first-order valence-electron chi connectivity index (χ1n) is 6.00. The van der Waals surface area contributed by atoms with Crippen molar-refractivity contribution in [3.63, 3.8) is 0 Å². The second kappa shape index (κ2) is 4.24. The van der Waals surface area contributed by atoms with Crippen molar-refractivity contribution in [3.05, 3.63) is 64.7 Å². The first-order chi connectivity index (χ1) is 9.16. The highest BCUT2D eigenvalue weighted by Gasteiger charge is 2.05. The normalized spacial score (nSPS) is 10.8. The molecule has 0 atom stereocenters. The number of nitrogens with zero attached hydrogens (tertiary/aromatic N) is 2. The van der Waals surface area contributed by atoms with Gasteiger partial charge in [0.1, 0.15) is 6.33 Å². The maximum Gasteiger partial charge on any atom is 0.280 e. The molecule has 94 valence electrons. The molecule has 0 radical (unpaired) electrons. The van der Waals surface area contributed by atoms with E-state index in [4.69, 9.17) is 5.73 Å². The quantitative estimate of drug-likeness (QED) is 0.675. The van der Waals surface area contributed by atoms with Crippen molar-refractivity contribution >= 4 is 16.6 Å². The number of benzene rings is 2. The van der Waals surface area contributed by atoms with Crippen LogP contribution in [0.4, 0.5) is 5.69 Å². The summed E-state index contributed by atoms with van der Waals surface area (Å²) in [7, 11) is 0. The Labute approximate surface area is 110 Å². The molecule has 3 rings (SSSR count). The average Bonchev–Trinajstić information content (AvgIpc) is 2.43. The molecule has 0 bridgehead atoms. The lowest BCUT2D eigenvalue weighted by molar-refractivity contribution is 1.02. The number of fused-ring (bicyclic) bond motifs is 1. The van der Waals surface area contributed by atoms with E-state index in [1.165, 1.54) is 6.33 Å². The van der Waals surface area contributed by atoms with Crippen LogP contribution in [0.3, 0.4) is 0 Å². The Morgan fingerprint density at radius 1 is 1.16 bits per heavy atom. The lowest BCUT2D eigenvalue weighted by atomic mass is 10.1. The summed E-state index contributed by atoms with van der Waals surface area (Å²) in [5.41, 5.74) is 9.19. The van der Waals surface area contributed by atoms with E-state index in [-0.39, 0.29) is 5.56 Å². The number of nitrogen functional groups attached to an aromatic ring is 1. The Morgan fingerprint density at radius 2 is 1.95 bits per heavy atom. The van der Waals surface area contributed by atoms with Gasteiger partial charge in [-0.2, -0.15) is 4.98 Å². The smallest absolute Gasteiger partial charge is 0.280 e. The number of aryl methyl sites for hydroxylation is 1. The summed E-state index contributed by atoms with van der Waals surface area (Å²) in [5.74, 6) is 0. The zero-order valence-electron chi connectivity index (χ0n) is 10.5. The number of aromatic nitrogens is 2. The highest BCUT2D eigenvalue weighted by molar-refractivity contribution is 5.79. The molecule has 3 aromatic rings. The third kappa shape index (κ3) is 1.87. The van der Waals surface area contributed by atoms with Gasteiger partial charge < -0.3 is 10.3 Å².